The molecule has 0 aliphatic carbocycles. The second-order valence-electron chi connectivity index (χ2n) is 3.87. The van der Waals surface area contributed by atoms with E-state index in [-0.39, 0.29) is 11.7 Å². The molecule has 2 atom stereocenters. The lowest BCUT2D eigenvalue weighted by Gasteiger charge is -2.19. The Kier molecular flexibility index (Phi) is 5.38. The van der Waals surface area contributed by atoms with Gasteiger partial charge in [-0.15, -0.1) is 0 Å². The van der Waals surface area contributed by atoms with E-state index in [0.717, 1.165) is 0 Å². The van der Waals surface area contributed by atoms with Gasteiger partial charge in [-0.1, -0.05) is 28.9 Å². The largest absolute Gasteiger partial charge is 0.388 e. The maximum Gasteiger partial charge on any atom is 0.130 e. The SMILES string of the molecule is COCCC(C)C(O)c1ccc(Br)cc1F. The van der Waals surface area contributed by atoms with Crippen molar-refractivity contribution in [2.75, 3.05) is 13.7 Å². The summed E-state index contributed by atoms with van der Waals surface area (Å²) in [5.41, 5.74) is 0.340. The summed E-state index contributed by atoms with van der Waals surface area (Å²) in [7, 11) is 1.61. The second-order valence-corrected chi connectivity index (χ2v) is 4.79. The second kappa shape index (κ2) is 6.33. The van der Waals surface area contributed by atoms with E-state index in [2.05, 4.69) is 15.9 Å². The minimum absolute atomic E-state index is 0.0318. The summed E-state index contributed by atoms with van der Waals surface area (Å²) in [5.74, 6) is -0.415. The molecule has 2 unspecified atom stereocenters. The van der Waals surface area contributed by atoms with Crippen LogP contribution in [0.25, 0.3) is 0 Å². The molecule has 0 saturated heterocycles. The molecule has 0 amide bonds. The normalized spacial score (nSPS) is 14.8. The van der Waals surface area contributed by atoms with Crippen LogP contribution in [0.3, 0.4) is 0 Å². The van der Waals surface area contributed by atoms with Gasteiger partial charge in [0.2, 0.25) is 0 Å². The molecule has 1 N–H and O–H groups in total. The van der Waals surface area contributed by atoms with Gasteiger partial charge in [-0.25, -0.2) is 4.39 Å². The predicted octanol–water partition coefficient (Wildman–Crippen LogP) is 3.29. The molecule has 0 aliphatic rings. The van der Waals surface area contributed by atoms with Crippen molar-refractivity contribution in [3.63, 3.8) is 0 Å². The van der Waals surface area contributed by atoms with Crippen LogP contribution in [0.15, 0.2) is 22.7 Å². The maximum atomic E-state index is 13.6. The molecule has 0 radical (unpaired) electrons. The van der Waals surface area contributed by atoms with Gasteiger partial charge in [0, 0.05) is 23.8 Å². The van der Waals surface area contributed by atoms with Crippen LogP contribution in [0.5, 0.6) is 0 Å². The summed E-state index contributed by atoms with van der Waals surface area (Å²) >= 11 is 3.18. The lowest BCUT2D eigenvalue weighted by Crippen LogP contribution is -2.12. The molecule has 0 bridgehead atoms. The number of aliphatic hydroxyl groups excluding tert-OH is 1. The first kappa shape index (κ1) is 13.6. The van der Waals surface area contributed by atoms with Gasteiger partial charge in [-0.3, -0.25) is 0 Å². The van der Waals surface area contributed by atoms with Crippen LogP contribution in [0.4, 0.5) is 4.39 Å². The van der Waals surface area contributed by atoms with E-state index in [1.807, 2.05) is 6.92 Å². The topological polar surface area (TPSA) is 29.5 Å². The Labute approximate surface area is 104 Å². The highest BCUT2D eigenvalue weighted by Crippen LogP contribution is 2.28. The standard InChI is InChI=1S/C12H16BrFO2/c1-8(5-6-16-2)12(15)10-4-3-9(13)7-11(10)14/h3-4,7-8,12,15H,5-6H2,1-2H3. The van der Waals surface area contributed by atoms with Gasteiger partial charge in [0.1, 0.15) is 5.82 Å². The third-order valence-electron chi connectivity index (χ3n) is 2.60. The maximum absolute atomic E-state index is 13.6. The van der Waals surface area contributed by atoms with Crippen molar-refractivity contribution in [1.29, 1.82) is 0 Å². The van der Waals surface area contributed by atoms with Gasteiger partial charge in [0.25, 0.3) is 0 Å². The molecule has 1 rings (SSSR count). The van der Waals surface area contributed by atoms with Crippen molar-refractivity contribution in [3.05, 3.63) is 34.1 Å². The van der Waals surface area contributed by atoms with Crippen molar-refractivity contribution in [1.82, 2.24) is 0 Å². The Balaban J connectivity index is 2.75. The zero-order valence-electron chi connectivity index (χ0n) is 9.41. The highest BCUT2D eigenvalue weighted by atomic mass is 79.9. The van der Waals surface area contributed by atoms with Crippen LogP contribution in [0.1, 0.15) is 25.0 Å². The monoisotopic (exact) mass is 290 g/mol. The number of aliphatic hydroxyl groups is 1. The van der Waals surface area contributed by atoms with E-state index >= 15 is 0 Å². The van der Waals surface area contributed by atoms with Crippen LogP contribution in [-0.2, 0) is 4.74 Å². The molecule has 2 nitrogen and oxygen atoms in total. The molecule has 90 valence electrons. The van der Waals surface area contributed by atoms with Crippen LogP contribution in [0.2, 0.25) is 0 Å². The highest BCUT2D eigenvalue weighted by molar-refractivity contribution is 9.10. The van der Waals surface area contributed by atoms with E-state index in [1.165, 1.54) is 6.07 Å². The molecule has 0 spiro atoms. The molecule has 0 heterocycles. The lowest BCUT2D eigenvalue weighted by molar-refractivity contribution is 0.0858. The van der Waals surface area contributed by atoms with E-state index in [0.29, 0.717) is 23.1 Å². The average molecular weight is 291 g/mol. The molecule has 16 heavy (non-hydrogen) atoms. The van der Waals surface area contributed by atoms with Gasteiger partial charge >= 0.3 is 0 Å². The Bertz CT molecular complexity index is 344. The quantitative estimate of drug-likeness (QED) is 0.902. The molecule has 0 saturated carbocycles. The summed E-state index contributed by atoms with van der Waals surface area (Å²) in [6.07, 6.45) is -0.0871. The van der Waals surface area contributed by atoms with Crippen molar-refractivity contribution in [2.24, 2.45) is 5.92 Å². The summed E-state index contributed by atoms with van der Waals surface area (Å²) in [4.78, 5) is 0. The molecular formula is C12H16BrFO2. The molecule has 0 aliphatic heterocycles. The number of methoxy groups -OCH3 is 1. The fourth-order valence-corrected chi connectivity index (χ4v) is 1.84. The minimum Gasteiger partial charge on any atom is -0.388 e. The first-order valence-electron chi connectivity index (χ1n) is 5.18. The number of ether oxygens (including phenoxy) is 1. The van der Waals surface area contributed by atoms with Crippen molar-refractivity contribution < 1.29 is 14.2 Å². The molecular weight excluding hydrogens is 275 g/mol. The summed E-state index contributed by atoms with van der Waals surface area (Å²) in [6, 6.07) is 4.69. The number of hydrogen-bond donors (Lipinski definition) is 1. The average Bonchev–Trinajstić information content (AvgIpc) is 2.25. The van der Waals surface area contributed by atoms with E-state index in [4.69, 9.17) is 4.74 Å². The molecule has 0 aromatic heterocycles. The van der Waals surface area contributed by atoms with Crippen LogP contribution < -0.4 is 0 Å². The number of benzene rings is 1. The lowest BCUT2D eigenvalue weighted by atomic mass is 9.94. The molecule has 1 aromatic carbocycles. The van der Waals surface area contributed by atoms with E-state index < -0.39 is 6.10 Å². The van der Waals surface area contributed by atoms with Crippen LogP contribution >= 0.6 is 15.9 Å². The van der Waals surface area contributed by atoms with Crippen molar-refractivity contribution in [3.8, 4) is 0 Å². The fraction of sp³-hybridized carbons (Fsp3) is 0.500. The van der Waals surface area contributed by atoms with Crippen molar-refractivity contribution in [2.45, 2.75) is 19.4 Å². The van der Waals surface area contributed by atoms with Crippen LogP contribution in [0, 0.1) is 11.7 Å². The molecule has 1 aromatic rings. The van der Waals surface area contributed by atoms with Crippen molar-refractivity contribution >= 4 is 15.9 Å². The van der Waals surface area contributed by atoms with Gasteiger partial charge in [0.05, 0.1) is 6.10 Å². The zero-order valence-corrected chi connectivity index (χ0v) is 11.0. The summed E-state index contributed by atoms with van der Waals surface area (Å²) in [6.45, 7) is 2.45. The fourth-order valence-electron chi connectivity index (χ4n) is 1.51. The molecule has 4 heteroatoms. The number of halogens is 2. The first-order chi connectivity index (χ1) is 7.56. The van der Waals surface area contributed by atoms with Crippen LogP contribution in [-0.4, -0.2) is 18.8 Å². The minimum atomic E-state index is -0.789. The first-order valence-corrected chi connectivity index (χ1v) is 5.97. The van der Waals surface area contributed by atoms with Gasteiger partial charge in [-0.05, 0) is 24.5 Å². The van der Waals surface area contributed by atoms with E-state index in [9.17, 15) is 9.50 Å². The third kappa shape index (κ3) is 3.54. The zero-order chi connectivity index (χ0) is 12.1. The predicted molar refractivity (Wildman–Crippen MR) is 64.7 cm³/mol. The number of hydrogen-bond acceptors (Lipinski definition) is 2. The summed E-state index contributed by atoms with van der Waals surface area (Å²) < 4.78 is 19.2. The molecule has 0 fully saturated rings. The third-order valence-corrected chi connectivity index (χ3v) is 3.09. The number of rotatable bonds is 5. The Morgan fingerprint density at radius 2 is 2.19 bits per heavy atom. The van der Waals surface area contributed by atoms with E-state index in [1.54, 1.807) is 19.2 Å². The van der Waals surface area contributed by atoms with Gasteiger partial charge in [-0.2, -0.15) is 0 Å². The van der Waals surface area contributed by atoms with Gasteiger partial charge in [0.15, 0.2) is 0 Å². The van der Waals surface area contributed by atoms with Gasteiger partial charge < -0.3 is 9.84 Å². The Morgan fingerprint density at radius 1 is 1.50 bits per heavy atom. The highest BCUT2D eigenvalue weighted by Gasteiger charge is 2.19. The smallest absolute Gasteiger partial charge is 0.130 e. The summed E-state index contributed by atoms with van der Waals surface area (Å²) in [5, 5.41) is 9.98. The Morgan fingerprint density at radius 3 is 2.75 bits per heavy atom. The Hall–Kier alpha value is -0.450.